The standard InChI is InChI=1S/C16H14Cl2N6O/c1-10(14-7-6-13(18)8-19-14)20-15(25)9-24-22-16(21-23-24)11-2-4-12(17)5-3-11/h2-8,10H,9H2,1H3,(H,20,25)/t10-/m0/s1. The first-order chi connectivity index (χ1) is 12.0. The minimum atomic E-state index is -0.260. The summed E-state index contributed by atoms with van der Waals surface area (Å²) in [6.07, 6.45) is 1.54. The number of aromatic nitrogens is 5. The molecule has 128 valence electrons. The summed E-state index contributed by atoms with van der Waals surface area (Å²) in [5, 5.41) is 16.0. The van der Waals surface area contributed by atoms with Gasteiger partial charge in [0.2, 0.25) is 11.7 Å². The Morgan fingerprint density at radius 3 is 2.56 bits per heavy atom. The lowest BCUT2D eigenvalue weighted by molar-refractivity contribution is -0.122. The molecule has 0 radical (unpaired) electrons. The van der Waals surface area contributed by atoms with E-state index in [2.05, 4.69) is 25.7 Å². The van der Waals surface area contributed by atoms with Crippen molar-refractivity contribution in [3.63, 3.8) is 0 Å². The van der Waals surface area contributed by atoms with Crippen LogP contribution in [0.3, 0.4) is 0 Å². The van der Waals surface area contributed by atoms with E-state index in [1.165, 1.54) is 11.0 Å². The second-order valence-electron chi connectivity index (χ2n) is 5.34. The second-order valence-corrected chi connectivity index (χ2v) is 6.21. The molecule has 3 aromatic rings. The van der Waals surface area contributed by atoms with Gasteiger partial charge >= 0.3 is 0 Å². The first kappa shape index (κ1) is 17.3. The van der Waals surface area contributed by atoms with Crippen LogP contribution in [0.25, 0.3) is 11.4 Å². The van der Waals surface area contributed by atoms with Crippen molar-refractivity contribution < 1.29 is 4.79 Å². The third kappa shape index (κ3) is 4.52. The normalized spacial score (nSPS) is 12.0. The van der Waals surface area contributed by atoms with Crippen molar-refractivity contribution in [3.05, 3.63) is 58.3 Å². The Balaban J connectivity index is 1.61. The zero-order valence-corrected chi connectivity index (χ0v) is 14.7. The molecule has 1 atom stereocenters. The number of hydrogen-bond donors (Lipinski definition) is 1. The molecule has 0 spiro atoms. The van der Waals surface area contributed by atoms with E-state index < -0.39 is 0 Å². The number of tetrazole rings is 1. The fraction of sp³-hybridized carbons (Fsp3) is 0.188. The van der Waals surface area contributed by atoms with E-state index >= 15 is 0 Å². The van der Waals surface area contributed by atoms with Crippen molar-refractivity contribution in [2.75, 3.05) is 0 Å². The smallest absolute Gasteiger partial charge is 0.244 e. The summed E-state index contributed by atoms with van der Waals surface area (Å²) in [4.78, 5) is 17.6. The monoisotopic (exact) mass is 376 g/mol. The van der Waals surface area contributed by atoms with E-state index in [0.717, 1.165) is 5.56 Å². The lowest BCUT2D eigenvalue weighted by atomic mass is 10.2. The zero-order valence-electron chi connectivity index (χ0n) is 13.2. The highest BCUT2D eigenvalue weighted by Gasteiger charge is 2.13. The Morgan fingerprint density at radius 1 is 1.16 bits per heavy atom. The van der Waals surface area contributed by atoms with Gasteiger partial charge in [0.05, 0.1) is 16.8 Å². The predicted molar refractivity (Wildman–Crippen MR) is 94.1 cm³/mol. The Labute approximate surface area is 154 Å². The molecule has 25 heavy (non-hydrogen) atoms. The molecular formula is C16H14Cl2N6O. The van der Waals surface area contributed by atoms with Crippen LogP contribution < -0.4 is 5.32 Å². The molecule has 3 rings (SSSR count). The number of hydrogen-bond acceptors (Lipinski definition) is 5. The van der Waals surface area contributed by atoms with Gasteiger partial charge in [-0.1, -0.05) is 23.2 Å². The van der Waals surface area contributed by atoms with E-state index in [4.69, 9.17) is 23.2 Å². The summed E-state index contributed by atoms with van der Waals surface area (Å²) in [6.45, 7) is 1.79. The number of amides is 1. The Hall–Kier alpha value is -2.51. The van der Waals surface area contributed by atoms with E-state index in [0.29, 0.717) is 21.6 Å². The number of benzene rings is 1. The molecule has 0 fully saturated rings. The number of nitrogens with zero attached hydrogens (tertiary/aromatic N) is 5. The highest BCUT2D eigenvalue weighted by atomic mass is 35.5. The third-order valence-electron chi connectivity index (χ3n) is 3.41. The number of nitrogens with one attached hydrogen (secondary N) is 1. The maximum absolute atomic E-state index is 12.1. The van der Waals surface area contributed by atoms with Crippen LogP contribution >= 0.6 is 23.2 Å². The van der Waals surface area contributed by atoms with Crippen LogP contribution in [0.5, 0.6) is 0 Å². The molecule has 0 saturated heterocycles. The molecule has 1 N–H and O–H groups in total. The second kappa shape index (κ2) is 7.58. The maximum atomic E-state index is 12.1. The summed E-state index contributed by atoms with van der Waals surface area (Å²) < 4.78 is 0. The topological polar surface area (TPSA) is 85.6 Å². The van der Waals surface area contributed by atoms with Crippen LogP contribution in [0.4, 0.5) is 0 Å². The van der Waals surface area contributed by atoms with Crippen molar-refractivity contribution in [2.45, 2.75) is 19.5 Å². The Kier molecular flexibility index (Phi) is 5.25. The molecular weight excluding hydrogens is 363 g/mol. The summed E-state index contributed by atoms with van der Waals surface area (Å²) >= 11 is 11.7. The van der Waals surface area contributed by atoms with E-state index in [-0.39, 0.29) is 18.5 Å². The molecule has 2 aromatic heterocycles. The molecule has 0 unspecified atom stereocenters. The molecule has 0 aliphatic rings. The molecule has 0 aliphatic heterocycles. The van der Waals surface area contributed by atoms with Gasteiger partial charge in [-0.15, -0.1) is 10.2 Å². The number of halogens is 2. The van der Waals surface area contributed by atoms with Crippen LogP contribution in [0.15, 0.2) is 42.6 Å². The van der Waals surface area contributed by atoms with Crippen molar-refractivity contribution in [3.8, 4) is 11.4 Å². The minimum absolute atomic E-state index is 0.0431. The first-order valence-electron chi connectivity index (χ1n) is 7.46. The summed E-state index contributed by atoms with van der Waals surface area (Å²) in [7, 11) is 0. The Morgan fingerprint density at radius 2 is 1.88 bits per heavy atom. The lowest BCUT2D eigenvalue weighted by Crippen LogP contribution is -2.31. The maximum Gasteiger partial charge on any atom is 0.244 e. The quantitative estimate of drug-likeness (QED) is 0.739. The van der Waals surface area contributed by atoms with E-state index in [1.54, 1.807) is 36.4 Å². The highest BCUT2D eigenvalue weighted by molar-refractivity contribution is 6.30. The van der Waals surface area contributed by atoms with E-state index in [9.17, 15) is 4.79 Å². The van der Waals surface area contributed by atoms with E-state index in [1.807, 2.05) is 6.92 Å². The summed E-state index contributed by atoms with van der Waals surface area (Å²) in [6, 6.07) is 10.3. The van der Waals surface area contributed by atoms with Crippen LogP contribution in [0.2, 0.25) is 10.0 Å². The number of pyridine rings is 1. The van der Waals surface area contributed by atoms with Gasteiger partial charge in [0.15, 0.2) is 0 Å². The van der Waals surface area contributed by atoms with Gasteiger partial charge in [0.1, 0.15) is 6.54 Å². The number of carbonyl (C=O) groups excluding carboxylic acids is 1. The van der Waals surface area contributed by atoms with Gasteiger partial charge in [-0.3, -0.25) is 9.78 Å². The molecule has 0 bridgehead atoms. The molecule has 7 nitrogen and oxygen atoms in total. The average molecular weight is 377 g/mol. The van der Waals surface area contributed by atoms with Crippen molar-refractivity contribution in [1.82, 2.24) is 30.5 Å². The first-order valence-corrected chi connectivity index (χ1v) is 8.21. The van der Waals surface area contributed by atoms with Gasteiger partial charge in [0.25, 0.3) is 0 Å². The van der Waals surface area contributed by atoms with Crippen molar-refractivity contribution >= 4 is 29.1 Å². The molecule has 9 heteroatoms. The number of carbonyl (C=O) groups is 1. The number of rotatable bonds is 5. The van der Waals surface area contributed by atoms with Crippen molar-refractivity contribution in [1.29, 1.82) is 0 Å². The van der Waals surface area contributed by atoms with Crippen LogP contribution in [-0.2, 0) is 11.3 Å². The molecule has 1 amide bonds. The van der Waals surface area contributed by atoms with Crippen LogP contribution in [-0.4, -0.2) is 31.1 Å². The predicted octanol–water partition coefficient (Wildman–Crippen LogP) is 2.92. The van der Waals surface area contributed by atoms with Gasteiger partial charge < -0.3 is 5.32 Å². The minimum Gasteiger partial charge on any atom is -0.346 e. The van der Waals surface area contributed by atoms with Crippen LogP contribution in [0.1, 0.15) is 18.7 Å². The summed E-state index contributed by atoms with van der Waals surface area (Å²) in [5.74, 6) is 0.182. The lowest BCUT2D eigenvalue weighted by Gasteiger charge is -2.12. The highest BCUT2D eigenvalue weighted by Crippen LogP contribution is 2.17. The summed E-state index contributed by atoms with van der Waals surface area (Å²) in [5.41, 5.74) is 1.49. The van der Waals surface area contributed by atoms with Gasteiger partial charge in [0, 0.05) is 16.8 Å². The van der Waals surface area contributed by atoms with Gasteiger partial charge in [-0.05, 0) is 48.5 Å². The third-order valence-corrected chi connectivity index (χ3v) is 3.89. The van der Waals surface area contributed by atoms with Crippen molar-refractivity contribution in [2.24, 2.45) is 0 Å². The SMILES string of the molecule is C[C@H](NC(=O)Cn1nnc(-c2ccc(Cl)cc2)n1)c1ccc(Cl)cn1. The molecule has 0 aliphatic carbocycles. The fourth-order valence-electron chi connectivity index (χ4n) is 2.16. The zero-order chi connectivity index (χ0) is 17.8. The van der Waals surface area contributed by atoms with Crippen LogP contribution in [0, 0.1) is 0 Å². The molecule has 1 aromatic carbocycles. The molecule has 0 saturated carbocycles. The molecule has 2 heterocycles. The Bertz CT molecular complexity index is 863. The fourth-order valence-corrected chi connectivity index (χ4v) is 2.40. The largest absolute Gasteiger partial charge is 0.346 e. The van der Waals surface area contributed by atoms with Gasteiger partial charge in [-0.25, -0.2) is 0 Å². The van der Waals surface area contributed by atoms with Gasteiger partial charge in [-0.2, -0.15) is 4.80 Å². The average Bonchev–Trinajstić information content (AvgIpc) is 3.04.